The van der Waals surface area contributed by atoms with Gasteiger partial charge in [-0.25, -0.2) is 4.79 Å². The van der Waals surface area contributed by atoms with Gasteiger partial charge in [0.05, 0.1) is 0 Å². The number of rotatable bonds is 8. The van der Waals surface area contributed by atoms with Crippen LogP contribution in [0.15, 0.2) is 72.8 Å². The molecule has 5 rings (SSSR count). The first-order chi connectivity index (χ1) is 16.9. The molecule has 2 amide bonds. The molecule has 0 heterocycles. The van der Waals surface area contributed by atoms with E-state index >= 15 is 0 Å². The molecule has 7 nitrogen and oxygen atoms in total. The summed E-state index contributed by atoms with van der Waals surface area (Å²) in [4.78, 5) is 36.2. The molecule has 0 atom stereocenters. The Morgan fingerprint density at radius 2 is 1.49 bits per heavy atom. The standard InChI is InChI=1S/C28H26N2O5/c31-25(32)14-11-18-9-12-19(13-10-18)29-26(33)28(15-16-28)30-27(34)35-17-24-22-7-3-1-5-20(22)21-6-2-4-8-23(21)24/h1-10,12-13,24H,11,14-17H2,(H,29,33)(H,30,34)(H,31,32). The van der Waals surface area contributed by atoms with Crippen LogP contribution in [0.1, 0.15) is 41.9 Å². The number of aliphatic carboxylic acids is 1. The number of fused-ring (bicyclic) bond motifs is 3. The van der Waals surface area contributed by atoms with Crippen LogP contribution in [0, 0.1) is 0 Å². The normalized spacial score (nSPS) is 15.0. The van der Waals surface area contributed by atoms with Gasteiger partial charge in [-0.1, -0.05) is 60.7 Å². The molecule has 1 fully saturated rings. The summed E-state index contributed by atoms with van der Waals surface area (Å²) in [6, 6.07) is 23.3. The van der Waals surface area contributed by atoms with E-state index in [-0.39, 0.29) is 24.9 Å². The summed E-state index contributed by atoms with van der Waals surface area (Å²) in [7, 11) is 0. The number of hydrogen-bond acceptors (Lipinski definition) is 4. The largest absolute Gasteiger partial charge is 0.481 e. The lowest BCUT2D eigenvalue weighted by atomic mass is 9.98. The number of carboxylic acids is 1. The van der Waals surface area contributed by atoms with Crippen molar-refractivity contribution in [2.45, 2.75) is 37.1 Å². The third-order valence-electron chi connectivity index (χ3n) is 6.71. The van der Waals surface area contributed by atoms with Crippen LogP contribution in [0.5, 0.6) is 0 Å². The molecule has 3 N–H and O–H groups in total. The number of amides is 2. The Morgan fingerprint density at radius 3 is 2.06 bits per heavy atom. The van der Waals surface area contributed by atoms with Gasteiger partial charge in [0.2, 0.25) is 5.91 Å². The smallest absolute Gasteiger partial charge is 0.408 e. The van der Waals surface area contributed by atoms with Gasteiger partial charge in [-0.15, -0.1) is 0 Å². The number of carbonyl (C=O) groups excluding carboxylic acids is 2. The van der Waals surface area contributed by atoms with E-state index in [1.54, 1.807) is 24.3 Å². The highest BCUT2D eigenvalue weighted by Crippen LogP contribution is 2.44. The summed E-state index contributed by atoms with van der Waals surface area (Å²) in [6.07, 6.45) is 0.957. The van der Waals surface area contributed by atoms with Crippen molar-refractivity contribution in [3.63, 3.8) is 0 Å². The van der Waals surface area contributed by atoms with Crippen LogP contribution in [-0.2, 0) is 20.7 Å². The number of carboxylic acid groups (broad SMARTS) is 1. The predicted molar refractivity (Wildman–Crippen MR) is 131 cm³/mol. The first-order valence-electron chi connectivity index (χ1n) is 11.7. The number of ether oxygens (including phenoxy) is 1. The lowest BCUT2D eigenvalue weighted by Crippen LogP contribution is -2.46. The van der Waals surface area contributed by atoms with Crippen molar-refractivity contribution < 1.29 is 24.2 Å². The molecule has 0 radical (unpaired) electrons. The van der Waals surface area contributed by atoms with Crippen LogP contribution in [0.3, 0.4) is 0 Å². The molecule has 35 heavy (non-hydrogen) atoms. The minimum atomic E-state index is -0.968. The number of hydrogen-bond donors (Lipinski definition) is 3. The van der Waals surface area contributed by atoms with Crippen molar-refractivity contribution >= 4 is 23.7 Å². The molecular weight excluding hydrogens is 444 g/mol. The fourth-order valence-corrected chi connectivity index (χ4v) is 4.62. The van der Waals surface area contributed by atoms with Gasteiger partial charge >= 0.3 is 12.1 Å². The van der Waals surface area contributed by atoms with Crippen LogP contribution >= 0.6 is 0 Å². The van der Waals surface area contributed by atoms with Gasteiger partial charge in [0, 0.05) is 18.0 Å². The summed E-state index contributed by atoms with van der Waals surface area (Å²) in [5, 5.41) is 14.4. The summed E-state index contributed by atoms with van der Waals surface area (Å²) in [5.41, 5.74) is 5.08. The number of carbonyl (C=O) groups is 3. The average molecular weight is 471 g/mol. The van der Waals surface area contributed by atoms with Crippen LogP contribution in [-0.4, -0.2) is 35.2 Å². The molecule has 0 unspecified atom stereocenters. The van der Waals surface area contributed by atoms with Gasteiger partial charge in [0.25, 0.3) is 0 Å². The highest BCUT2D eigenvalue weighted by atomic mass is 16.5. The number of nitrogens with one attached hydrogen (secondary N) is 2. The topological polar surface area (TPSA) is 105 Å². The van der Waals surface area contributed by atoms with Crippen molar-refractivity contribution in [2.24, 2.45) is 0 Å². The monoisotopic (exact) mass is 470 g/mol. The SMILES string of the molecule is O=C(O)CCc1ccc(NC(=O)C2(NC(=O)OCC3c4ccccc4-c4ccccc43)CC2)cc1. The molecule has 178 valence electrons. The van der Waals surface area contributed by atoms with Crippen molar-refractivity contribution in [2.75, 3.05) is 11.9 Å². The second-order valence-corrected chi connectivity index (χ2v) is 9.08. The molecule has 0 bridgehead atoms. The van der Waals surface area contributed by atoms with Gasteiger partial charge in [-0.2, -0.15) is 0 Å². The molecule has 3 aromatic carbocycles. The Hall–Kier alpha value is -4.13. The average Bonchev–Trinajstić information content (AvgIpc) is 3.58. The van der Waals surface area contributed by atoms with E-state index in [2.05, 4.69) is 34.9 Å². The van der Waals surface area contributed by atoms with E-state index in [0.29, 0.717) is 24.9 Å². The molecule has 2 aliphatic carbocycles. The second kappa shape index (κ2) is 9.25. The van der Waals surface area contributed by atoms with Gasteiger partial charge in [0.1, 0.15) is 12.1 Å². The maximum absolute atomic E-state index is 12.9. The summed E-state index contributed by atoms with van der Waals surface area (Å²) in [5.74, 6) is -1.18. The highest BCUT2D eigenvalue weighted by molar-refractivity contribution is 6.02. The van der Waals surface area contributed by atoms with Crippen molar-refractivity contribution in [3.8, 4) is 11.1 Å². The third kappa shape index (κ3) is 4.75. The summed E-state index contributed by atoms with van der Waals surface area (Å²) < 4.78 is 5.60. The minimum Gasteiger partial charge on any atom is -0.481 e. The molecule has 7 heteroatoms. The van der Waals surface area contributed by atoms with Gasteiger partial charge in [-0.3, -0.25) is 9.59 Å². The second-order valence-electron chi connectivity index (χ2n) is 9.08. The fraction of sp³-hybridized carbons (Fsp3) is 0.250. The minimum absolute atomic E-state index is 0.0447. The Morgan fingerprint density at radius 1 is 0.886 bits per heavy atom. The lowest BCUT2D eigenvalue weighted by Gasteiger charge is -2.19. The molecule has 0 saturated heterocycles. The quantitative estimate of drug-likeness (QED) is 0.442. The Labute approximate surface area is 203 Å². The summed E-state index contributed by atoms with van der Waals surface area (Å²) >= 11 is 0. The van der Waals surface area contributed by atoms with E-state index in [4.69, 9.17) is 9.84 Å². The molecule has 2 aliphatic rings. The zero-order valence-corrected chi connectivity index (χ0v) is 19.1. The van der Waals surface area contributed by atoms with Crippen LogP contribution in [0.4, 0.5) is 10.5 Å². The van der Waals surface area contributed by atoms with E-state index in [1.165, 1.54) is 0 Å². The molecule has 0 spiro atoms. The van der Waals surface area contributed by atoms with Crippen LogP contribution in [0.2, 0.25) is 0 Å². The third-order valence-corrected chi connectivity index (χ3v) is 6.71. The maximum Gasteiger partial charge on any atom is 0.408 e. The van der Waals surface area contributed by atoms with Crippen LogP contribution in [0.25, 0.3) is 11.1 Å². The predicted octanol–water partition coefficient (Wildman–Crippen LogP) is 4.71. The zero-order valence-electron chi connectivity index (χ0n) is 19.1. The first kappa shape index (κ1) is 22.7. The Balaban J connectivity index is 1.18. The van der Waals surface area contributed by atoms with E-state index in [1.807, 2.05) is 24.3 Å². The van der Waals surface area contributed by atoms with E-state index in [0.717, 1.165) is 27.8 Å². The van der Waals surface area contributed by atoms with Gasteiger partial charge in [0.15, 0.2) is 0 Å². The van der Waals surface area contributed by atoms with E-state index in [9.17, 15) is 14.4 Å². The lowest BCUT2D eigenvalue weighted by molar-refractivity contribution is -0.137. The van der Waals surface area contributed by atoms with Crippen LogP contribution < -0.4 is 10.6 Å². The number of alkyl carbamates (subject to hydrolysis) is 1. The number of anilines is 1. The first-order valence-corrected chi connectivity index (χ1v) is 11.7. The van der Waals surface area contributed by atoms with E-state index < -0.39 is 17.6 Å². The fourth-order valence-electron chi connectivity index (χ4n) is 4.62. The maximum atomic E-state index is 12.9. The zero-order chi connectivity index (χ0) is 24.4. The van der Waals surface area contributed by atoms with Crippen molar-refractivity contribution in [3.05, 3.63) is 89.5 Å². The van der Waals surface area contributed by atoms with Gasteiger partial charge in [-0.05, 0) is 59.2 Å². The molecule has 3 aromatic rings. The molecule has 0 aliphatic heterocycles. The molecule has 1 saturated carbocycles. The number of aryl methyl sites for hydroxylation is 1. The summed E-state index contributed by atoms with van der Waals surface area (Å²) in [6.45, 7) is 0.190. The number of benzene rings is 3. The van der Waals surface area contributed by atoms with Crippen molar-refractivity contribution in [1.29, 1.82) is 0 Å². The molecule has 0 aromatic heterocycles. The van der Waals surface area contributed by atoms with Gasteiger partial charge < -0.3 is 20.5 Å². The van der Waals surface area contributed by atoms with Crippen molar-refractivity contribution in [1.82, 2.24) is 5.32 Å². The molecular formula is C28H26N2O5. The Kier molecular flexibility index (Phi) is 5.99. The Bertz CT molecular complexity index is 1240. The highest BCUT2D eigenvalue weighted by Gasteiger charge is 2.51.